The van der Waals surface area contributed by atoms with Gasteiger partial charge in [-0.3, -0.25) is 14.7 Å². The van der Waals surface area contributed by atoms with Crippen LogP contribution in [0.5, 0.6) is 0 Å². The largest absolute Gasteiger partial charge is 0.368 e. The van der Waals surface area contributed by atoms with Crippen molar-refractivity contribution in [1.82, 2.24) is 24.0 Å². The number of rotatable bonds is 8. The molecule has 0 unspecified atom stereocenters. The van der Waals surface area contributed by atoms with Gasteiger partial charge in [0.25, 0.3) is 0 Å². The quantitative estimate of drug-likeness (QED) is 0.435. The topological polar surface area (TPSA) is 82.0 Å². The number of aryl methyl sites for hydroxylation is 1. The highest BCUT2D eigenvalue weighted by molar-refractivity contribution is 5.85. The zero-order chi connectivity index (χ0) is 23.7. The average molecular weight is 457 g/mol. The van der Waals surface area contributed by atoms with Crippen molar-refractivity contribution >= 4 is 16.8 Å². The molecule has 5 rings (SSSR count). The molecule has 1 aliphatic rings. The number of nitrogens with two attached hydrogens (primary N) is 1. The molecule has 0 spiro atoms. The van der Waals surface area contributed by atoms with Crippen LogP contribution in [0.4, 0.5) is 0 Å². The SMILES string of the molecule is CC(C)CCc1nc(-c2cccnc2)n2c1CN(Cc1cn(CC(N)=O)c3ccccc13)CC2. The van der Waals surface area contributed by atoms with Crippen LogP contribution >= 0.6 is 0 Å². The van der Waals surface area contributed by atoms with Gasteiger partial charge in [0.15, 0.2) is 0 Å². The summed E-state index contributed by atoms with van der Waals surface area (Å²) in [7, 11) is 0. The maximum absolute atomic E-state index is 11.6. The smallest absolute Gasteiger partial charge is 0.237 e. The summed E-state index contributed by atoms with van der Waals surface area (Å²) >= 11 is 0. The lowest BCUT2D eigenvalue weighted by Crippen LogP contribution is -2.33. The molecule has 1 aromatic carbocycles. The number of carbonyl (C=O) groups is 1. The summed E-state index contributed by atoms with van der Waals surface area (Å²) in [6.45, 7) is 8.24. The molecule has 0 fully saturated rings. The molecule has 1 aliphatic heterocycles. The lowest BCUT2D eigenvalue weighted by molar-refractivity contribution is -0.118. The Morgan fingerprint density at radius 1 is 1.15 bits per heavy atom. The van der Waals surface area contributed by atoms with E-state index in [4.69, 9.17) is 10.7 Å². The van der Waals surface area contributed by atoms with Gasteiger partial charge in [-0.25, -0.2) is 4.98 Å². The summed E-state index contributed by atoms with van der Waals surface area (Å²) in [5, 5.41) is 1.18. The Morgan fingerprint density at radius 2 is 2.00 bits per heavy atom. The summed E-state index contributed by atoms with van der Waals surface area (Å²) in [4.78, 5) is 23.5. The third kappa shape index (κ3) is 4.48. The van der Waals surface area contributed by atoms with Gasteiger partial charge in [-0.2, -0.15) is 0 Å². The second-order valence-corrected chi connectivity index (χ2v) is 9.63. The van der Waals surface area contributed by atoms with Crippen LogP contribution in [0.1, 0.15) is 37.2 Å². The first-order chi connectivity index (χ1) is 16.5. The fourth-order valence-electron chi connectivity index (χ4n) is 4.95. The molecule has 2 N–H and O–H groups in total. The first kappa shape index (κ1) is 22.3. The summed E-state index contributed by atoms with van der Waals surface area (Å²) in [5.74, 6) is 1.33. The van der Waals surface area contributed by atoms with Crippen molar-refractivity contribution in [2.45, 2.75) is 52.9 Å². The third-order valence-electron chi connectivity index (χ3n) is 6.64. The Kier molecular flexibility index (Phi) is 6.20. The zero-order valence-electron chi connectivity index (χ0n) is 19.9. The van der Waals surface area contributed by atoms with Crippen molar-refractivity contribution in [3.05, 3.63) is 71.9 Å². The van der Waals surface area contributed by atoms with Gasteiger partial charge in [0, 0.05) is 61.2 Å². The number of imidazole rings is 1. The van der Waals surface area contributed by atoms with E-state index in [1.165, 1.54) is 22.3 Å². The van der Waals surface area contributed by atoms with E-state index in [0.29, 0.717) is 5.92 Å². The molecule has 4 aromatic rings. The van der Waals surface area contributed by atoms with Crippen LogP contribution in [0.3, 0.4) is 0 Å². The molecule has 0 radical (unpaired) electrons. The molecule has 7 nitrogen and oxygen atoms in total. The molecular weight excluding hydrogens is 424 g/mol. The normalized spacial score (nSPS) is 14.1. The lowest BCUT2D eigenvalue weighted by Gasteiger charge is -2.29. The van der Waals surface area contributed by atoms with Crippen molar-refractivity contribution in [2.75, 3.05) is 6.54 Å². The van der Waals surface area contributed by atoms with E-state index in [1.54, 1.807) is 6.20 Å². The molecule has 0 saturated carbocycles. The number of hydrogen-bond acceptors (Lipinski definition) is 4. The molecule has 1 amide bonds. The predicted molar refractivity (Wildman–Crippen MR) is 134 cm³/mol. The van der Waals surface area contributed by atoms with Gasteiger partial charge in [0.2, 0.25) is 5.91 Å². The van der Waals surface area contributed by atoms with E-state index in [1.807, 2.05) is 22.9 Å². The number of nitrogens with zero attached hydrogens (tertiary/aromatic N) is 5. The fourth-order valence-corrected chi connectivity index (χ4v) is 4.95. The van der Waals surface area contributed by atoms with E-state index < -0.39 is 0 Å². The summed E-state index contributed by atoms with van der Waals surface area (Å²) in [6, 6.07) is 12.3. The van der Waals surface area contributed by atoms with Crippen LogP contribution in [0.15, 0.2) is 55.0 Å². The minimum atomic E-state index is -0.327. The molecule has 3 aromatic heterocycles. The number of hydrogen-bond donors (Lipinski definition) is 1. The van der Waals surface area contributed by atoms with E-state index in [2.05, 4.69) is 58.8 Å². The highest BCUT2D eigenvalue weighted by Crippen LogP contribution is 2.29. The summed E-state index contributed by atoms with van der Waals surface area (Å²) < 4.78 is 4.36. The minimum absolute atomic E-state index is 0.196. The van der Waals surface area contributed by atoms with Crippen molar-refractivity contribution in [1.29, 1.82) is 0 Å². The van der Waals surface area contributed by atoms with Gasteiger partial charge >= 0.3 is 0 Å². The van der Waals surface area contributed by atoms with Crippen LogP contribution in [-0.4, -0.2) is 36.5 Å². The molecule has 176 valence electrons. The predicted octanol–water partition coefficient (Wildman–Crippen LogP) is 3.99. The molecule has 4 heterocycles. The monoisotopic (exact) mass is 456 g/mol. The van der Waals surface area contributed by atoms with Crippen molar-refractivity contribution in [3.8, 4) is 11.4 Å². The fraction of sp³-hybridized carbons (Fsp3) is 0.370. The third-order valence-corrected chi connectivity index (χ3v) is 6.64. The standard InChI is InChI=1S/C27H32N6O/c1-19(2)9-10-23-25-17-31(12-13-33(25)27(30-23)20-6-5-11-29-14-20)15-21-16-32(18-26(28)34)24-8-4-3-7-22(21)24/h3-8,11,14,16,19H,9-10,12-13,15,17-18H2,1-2H3,(H2,28,34). The van der Waals surface area contributed by atoms with Crippen LogP contribution in [-0.2, 0) is 37.4 Å². The van der Waals surface area contributed by atoms with E-state index in [9.17, 15) is 4.79 Å². The van der Waals surface area contributed by atoms with Crippen LogP contribution in [0.2, 0.25) is 0 Å². The van der Waals surface area contributed by atoms with E-state index in [0.717, 1.165) is 55.9 Å². The Labute approximate surface area is 200 Å². The Hall–Kier alpha value is -3.45. The van der Waals surface area contributed by atoms with Gasteiger partial charge in [-0.15, -0.1) is 0 Å². The number of benzene rings is 1. The Morgan fingerprint density at radius 3 is 2.76 bits per heavy atom. The number of primary amides is 1. The maximum atomic E-state index is 11.6. The van der Waals surface area contributed by atoms with Crippen molar-refractivity contribution < 1.29 is 4.79 Å². The molecule has 0 atom stereocenters. The van der Waals surface area contributed by atoms with Gasteiger partial charge < -0.3 is 14.9 Å². The number of pyridine rings is 1. The first-order valence-electron chi connectivity index (χ1n) is 12.1. The van der Waals surface area contributed by atoms with Gasteiger partial charge in [-0.1, -0.05) is 32.0 Å². The minimum Gasteiger partial charge on any atom is -0.368 e. The number of amides is 1. The van der Waals surface area contributed by atoms with Gasteiger partial charge in [-0.05, 0) is 42.5 Å². The van der Waals surface area contributed by atoms with Crippen molar-refractivity contribution in [2.24, 2.45) is 11.7 Å². The highest BCUT2D eigenvalue weighted by atomic mass is 16.1. The number of aromatic nitrogens is 4. The van der Waals surface area contributed by atoms with Gasteiger partial charge in [0.1, 0.15) is 12.4 Å². The second-order valence-electron chi connectivity index (χ2n) is 9.63. The average Bonchev–Trinajstić information content (AvgIpc) is 3.36. The summed E-state index contributed by atoms with van der Waals surface area (Å²) in [5.41, 5.74) is 11.4. The maximum Gasteiger partial charge on any atom is 0.237 e. The Balaban J connectivity index is 1.45. The zero-order valence-corrected chi connectivity index (χ0v) is 19.9. The second kappa shape index (κ2) is 9.43. The Bertz CT molecular complexity index is 1300. The van der Waals surface area contributed by atoms with E-state index in [-0.39, 0.29) is 12.5 Å². The number of carbonyl (C=O) groups excluding carboxylic acids is 1. The molecule has 34 heavy (non-hydrogen) atoms. The molecule has 7 heteroatoms. The highest BCUT2D eigenvalue weighted by Gasteiger charge is 2.25. The molecule has 0 saturated heterocycles. The van der Waals surface area contributed by atoms with Crippen LogP contribution < -0.4 is 5.73 Å². The van der Waals surface area contributed by atoms with Gasteiger partial charge in [0.05, 0.1) is 11.4 Å². The van der Waals surface area contributed by atoms with Crippen LogP contribution in [0.25, 0.3) is 22.3 Å². The summed E-state index contributed by atoms with van der Waals surface area (Å²) in [6.07, 6.45) is 7.90. The van der Waals surface area contributed by atoms with Crippen molar-refractivity contribution in [3.63, 3.8) is 0 Å². The lowest BCUT2D eigenvalue weighted by atomic mass is 10.0. The molecule has 0 bridgehead atoms. The number of para-hydroxylation sites is 1. The molecular formula is C27H32N6O. The van der Waals surface area contributed by atoms with E-state index >= 15 is 0 Å². The van der Waals surface area contributed by atoms with Crippen LogP contribution in [0, 0.1) is 5.92 Å². The number of fused-ring (bicyclic) bond motifs is 2. The molecule has 0 aliphatic carbocycles. The first-order valence-corrected chi connectivity index (χ1v) is 12.1.